The maximum absolute atomic E-state index is 10.8. The Morgan fingerprint density at radius 2 is 2.00 bits per heavy atom. The Balaban J connectivity index is 2.21. The molecule has 0 aliphatic carbocycles. The van der Waals surface area contributed by atoms with Crippen molar-refractivity contribution < 1.29 is 4.92 Å². The number of anilines is 1. The molecule has 1 atom stereocenters. The maximum atomic E-state index is 10.8. The van der Waals surface area contributed by atoms with Crippen LogP contribution >= 0.6 is 11.3 Å². The minimum Gasteiger partial charge on any atom is -0.377 e. The lowest BCUT2D eigenvalue weighted by Gasteiger charge is -2.14. The largest absolute Gasteiger partial charge is 0.377 e. The van der Waals surface area contributed by atoms with Crippen molar-refractivity contribution in [1.82, 2.24) is 0 Å². The van der Waals surface area contributed by atoms with Gasteiger partial charge in [-0.25, -0.2) is 0 Å². The number of benzene rings is 1. The van der Waals surface area contributed by atoms with Gasteiger partial charge in [-0.1, -0.05) is 0 Å². The number of nitro groups is 1. The van der Waals surface area contributed by atoms with E-state index >= 15 is 0 Å². The third-order valence-corrected chi connectivity index (χ3v) is 4.03. The van der Waals surface area contributed by atoms with Gasteiger partial charge in [-0.15, -0.1) is 11.3 Å². The van der Waals surface area contributed by atoms with Crippen LogP contribution in [0.1, 0.15) is 28.3 Å². The summed E-state index contributed by atoms with van der Waals surface area (Å²) in [6.07, 6.45) is 0. The topological polar surface area (TPSA) is 55.2 Å². The molecular formula is C14H16N2O2S. The molecule has 1 unspecified atom stereocenters. The average molecular weight is 276 g/mol. The molecular weight excluding hydrogens is 260 g/mol. The Morgan fingerprint density at radius 3 is 2.58 bits per heavy atom. The Morgan fingerprint density at radius 1 is 1.26 bits per heavy atom. The third kappa shape index (κ3) is 3.32. The molecule has 1 aromatic carbocycles. The van der Waals surface area contributed by atoms with E-state index in [0.29, 0.717) is 0 Å². The van der Waals surface area contributed by atoms with Crippen LogP contribution in [-0.4, -0.2) is 4.92 Å². The van der Waals surface area contributed by atoms with Crippen molar-refractivity contribution in [2.45, 2.75) is 26.8 Å². The summed E-state index contributed by atoms with van der Waals surface area (Å²) >= 11 is 1.73. The van der Waals surface area contributed by atoms with Crippen LogP contribution < -0.4 is 5.32 Å². The molecule has 1 heterocycles. The van der Waals surface area contributed by atoms with Crippen LogP contribution in [0.3, 0.4) is 0 Å². The molecule has 2 aromatic rings. The fraction of sp³-hybridized carbons (Fsp3) is 0.286. The Kier molecular flexibility index (Phi) is 3.85. The molecule has 0 aliphatic rings. The molecule has 0 spiro atoms. The zero-order valence-corrected chi connectivity index (χ0v) is 12.0. The molecule has 100 valence electrons. The van der Waals surface area contributed by atoms with Crippen LogP contribution in [0.4, 0.5) is 11.4 Å². The average Bonchev–Trinajstić information content (AvgIpc) is 2.75. The number of thiophene rings is 1. The summed E-state index contributed by atoms with van der Waals surface area (Å²) in [5.74, 6) is 0. The summed E-state index contributed by atoms with van der Waals surface area (Å²) < 4.78 is 0. The van der Waals surface area contributed by atoms with E-state index in [1.54, 1.807) is 23.5 Å². The monoisotopic (exact) mass is 276 g/mol. The normalized spacial score (nSPS) is 12.2. The second-order valence-corrected chi connectivity index (χ2v) is 5.95. The van der Waals surface area contributed by atoms with Gasteiger partial charge < -0.3 is 5.32 Å². The van der Waals surface area contributed by atoms with Crippen molar-refractivity contribution in [3.8, 4) is 0 Å². The lowest BCUT2D eigenvalue weighted by molar-refractivity contribution is -0.384. The second-order valence-electron chi connectivity index (χ2n) is 4.63. The van der Waals surface area contributed by atoms with Crippen LogP contribution in [0.5, 0.6) is 0 Å². The highest BCUT2D eigenvalue weighted by atomic mass is 32.1. The van der Waals surface area contributed by atoms with Crippen LogP contribution in [-0.2, 0) is 0 Å². The van der Waals surface area contributed by atoms with Gasteiger partial charge in [0.25, 0.3) is 5.69 Å². The molecule has 1 N–H and O–H groups in total. The number of aryl methyl sites for hydroxylation is 2. The summed E-state index contributed by atoms with van der Waals surface area (Å²) in [4.78, 5) is 13.0. The minimum atomic E-state index is -0.363. The zero-order valence-electron chi connectivity index (χ0n) is 11.1. The van der Waals surface area contributed by atoms with E-state index in [4.69, 9.17) is 0 Å². The molecule has 2 rings (SSSR count). The summed E-state index contributed by atoms with van der Waals surface area (Å²) in [5, 5.41) is 14.2. The van der Waals surface area contributed by atoms with E-state index in [1.165, 1.54) is 9.75 Å². The first kappa shape index (κ1) is 13.5. The smallest absolute Gasteiger partial charge is 0.271 e. The summed E-state index contributed by atoms with van der Waals surface area (Å²) in [5.41, 5.74) is 1.79. The molecule has 19 heavy (non-hydrogen) atoms. The van der Waals surface area contributed by atoms with Crippen molar-refractivity contribution in [3.63, 3.8) is 0 Å². The van der Waals surface area contributed by atoms with E-state index in [2.05, 4.69) is 31.3 Å². The van der Waals surface area contributed by atoms with Crippen LogP contribution in [0.15, 0.2) is 30.3 Å². The summed E-state index contributed by atoms with van der Waals surface area (Å²) in [6, 6.07) is 9.37. The lowest BCUT2D eigenvalue weighted by Crippen LogP contribution is -2.05. The molecule has 1 aromatic heterocycles. The fourth-order valence-electron chi connectivity index (χ4n) is 1.96. The number of nitrogens with zero attached hydrogens (tertiary/aromatic N) is 1. The van der Waals surface area contributed by atoms with E-state index in [1.807, 2.05) is 13.0 Å². The molecule has 0 fully saturated rings. The molecule has 0 amide bonds. The van der Waals surface area contributed by atoms with Crippen molar-refractivity contribution in [1.29, 1.82) is 0 Å². The van der Waals surface area contributed by atoms with Crippen molar-refractivity contribution in [2.75, 3.05) is 5.32 Å². The molecule has 0 saturated carbocycles. The van der Waals surface area contributed by atoms with E-state index in [-0.39, 0.29) is 16.7 Å². The quantitative estimate of drug-likeness (QED) is 0.663. The number of hydrogen-bond donors (Lipinski definition) is 1. The second kappa shape index (κ2) is 5.40. The predicted molar refractivity (Wildman–Crippen MR) is 78.9 cm³/mol. The third-order valence-electron chi connectivity index (χ3n) is 2.84. The Hall–Kier alpha value is -1.88. The zero-order chi connectivity index (χ0) is 14.0. The van der Waals surface area contributed by atoms with Crippen LogP contribution in [0.2, 0.25) is 0 Å². The van der Waals surface area contributed by atoms with Gasteiger partial charge in [0.05, 0.1) is 11.0 Å². The van der Waals surface area contributed by atoms with Gasteiger partial charge in [0.15, 0.2) is 0 Å². The molecule has 0 aliphatic heterocycles. The highest BCUT2D eigenvalue weighted by molar-refractivity contribution is 7.12. The predicted octanol–water partition coefficient (Wildman–Crippen LogP) is 4.45. The molecule has 4 nitrogen and oxygen atoms in total. The number of non-ortho nitro benzene ring substituents is 1. The highest BCUT2D eigenvalue weighted by Gasteiger charge is 2.11. The first-order chi connectivity index (χ1) is 8.95. The molecule has 0 radical (unpaired) electrons. The van der Waals surface area contributed by atoms with Crippen molar-refractivity contribution in [2.24, 2.45) is 0 Å². The molecule has 5 heteroatoms. The lowest BCUT2D eigenvalue weighted by atomic mass is 10.1. The number of nitrogens with one attached hydrogen (secondary N) is 1. The fourth-order valence-corrected chi connectivity index (χ4v) is 2.84. The molecule has 0 saturated heterocycles. The van der Waals surface area contributed by atoms with Gasteiger partial charge in [0.1, 0.15) is 0 Å². The van der Waals surface area contributed by atoms with Crippen LogP contribution in [0.25, 0.3) is 0 Å². The van der Waals surface area contributed by atoms with E-state index in [0.717, 1.165) is 11.3 Å². The maximum Gasteiger partial charge on any atom is 0.271 e. The SMILES string of the molecule is Cc1cc(NC(C)c2ccc(C)s2)cc([N+](=O)[O-])c1. The van der Waals surface area contributed by atoms with Crippen LogP contribution in [0, 0.1) is 24.0 Å². The first-order valence-corrected chi connectivity index (χ1v) is 6.86. The van der Waals surface area contributed by atoms with Gasteiger partial charge in [-0.3, -0.25) is 10.1 Å². The number of rotatable bonds is 4. The van der Waals surface area contributed by atoms with E-state index in [9.17, 15) is 10.1 Å². The molecule has 0 bridgehead atoms. The van der Waals surface area contributed by atoms with Gasteiger partial charge in [-0.05, 0) is 44.5 Å². The van der Waals surface area contributed by atoms with E-state index < -0.39 is 0 Å². The van der Waals surface area contributed by atoms with Gasteiger partial charge in [0, 0.05) is 27.6 Å². The van der Waals surface area contributed by atoms with Gasteiger partial charge >= 0.3 is 0 Å². The number of hydrogen-bond acceptors (Lipinski definition) is 4. The first-order valence-electron chi connectivity index (χ1n) is 6.04. The van der Waals surface area contributed by atoms with Gasteiger partial charge in [0.2, 0.25) is 0 Å². The Labute approximate surface area is 116 Å². The minimum absolute atomic E-state index is 0.122. The van der Waals surface area contributed by atoms with Crippen molar-refractivity contribution >= 4 is 22.7 Å². The summed E-state index contributed by atoms with van der Waals surface area (Å²) in [7, 11) is 0. The Bertz CT molecular complexity index is 607. The van der Waals surface area contributed by atoms with Gasteiger partial charge in [-0.2, -0.15) is 0 Å². The number of nitro benzene ring substituents is 1. The highest BCUT2D eigenvalue weighted by Crippen LogP contribution is 2.28. The van der Waals surface area contributed by atoms with Crippen molar-refractivity contribution in [3.05, 3.63) is 55.8 Å². The standard InChI is InChI=1S/C14H16N2O2S/c1-9-6-12(8-13(7-9)16(17)18)15-11(3)14-5-4-10(2)19-14/h4-8,11,15H,1-3H3. The summed E-state index contributed by atoms with van der Waals surface area (Å²) in [6.45, 7) is 5.98.